The lowest BCUT2D eigenvalue weighted by Gasteiger charge is -2.46. The molecule has 1 aromatic rings. The number of carbonyl (C=O) groups excluding carboxylic acids is 1. The highest BCUT2D eigenvalue weighted by atomic mass is 16.2. The van der Waals surface area contributed by atoms with Crippen LogP contribution in [0.5, 0.6) is 0 Å². The standard InChI is InChI=1S/C16H23N3O2/c1-12-6-7-14(15(20)17(12)2)16(21)19-10-13(11-19)18-8-4-3-5-9-18/h6-7,13H,3-5,8-11H2,1-2H3. The summed E-state index contributed by atoms with van der Waals surface area (Å²) in [6, 6.07) is 3.98. The first-order valence-electron chi connectivity index (χ1n) is 7.78. The van der Waals surface area contributed by atoms with Gasteiger partial charge in [0.1, 0.15) is 5.56 Å². The second-order valence-corrected chi connectivity index (χ2v) is 6.21. The van der Waals surface area contributed by atoms with Gasteiger partial charge in [0.05, 0.1) is 0 Å². The fourth-order valence-corrected chi connectivity index (χ4v) is 3.20. The molecule has 0 spiro atoms. The van der Waals surface area contributed by atoms with E-state index in [1.807, 2.05) is 13.0 Å². The summed E-state index contributed by atoms with van der Waals surface area (Å²) in [7, 11) is 1.71. The Kier molecular flexibility index (Phi) is 3.85. The Hall–Kier alpha value is -1.62. The maximum absolute atomic E-state index is 12.4. The van der Waals surface area contributed by atoms with Crippen molar-refractivity contribution >= 4 is 5.91 Å². The van der Waals surface area contributed by atoms with Crippen molar-refractivity contribution in [3.63, 3.8) is 0 Å². The van der Waals surface area contributed by atoms with E-state index < -0.39 is 0 Å². The summed E-state index contributed by atoms with van der Waals surface area (Å²) in [4.78, 5) is 28.9. The van der Waals surface area contributed by atoms with Crippen LogP contribution < -0.4 is 5.56 Å². The first-order valence-corrected chi connectivity index (χ1v) is 7.78. The molecule has 1 aromatic heterocycles. The van der Waals surface area contributed by atoms with Crippen LogP contribution in [0.4, 0.5) is 0 Å². The minimum atomic E-state index is -0.193. The first-order chi connectivity index (χ1) is 10.1. The number of likely N-dealkylation sites (tertiary alicyclic amines) is 2. The quantitative estimate of drug-likeness (QED) is 0.816. The monoisotopic (exact) mass is 289 g/mol. The van der Waals surface area contributed by atoms with E-state index in [2.05, 4.69) is 4.90 Å². The van der Waals surface area contributed by atoms with Gasteiger partial charge in [-0.25, -0.2) is 0 Å². The molecule has 21 heavy (non-hydrogen) atoms. The molecule has 5 heteroatoms. The molecule has 0 bridgehead atoms. The fourth-order valence-electron chi connectivity index (χ4n) is 3.20. The van der Waals surface area contributed by atoms with E-state index in [4.69, 9.17) is 0 Å². The van der Waals surface area contributed by atoms with Crippen molar-refractivity contribution in [1.82, 2.24) is 14.4 Å². The Balaban J connectivity index is 1.66. The number of carbonyl (C=O) groups is 1. The van der Waals surface area contributed by atoms with Crippen LogP contribution in [0.3, 0.4) is 0 Å². The zero-order chi connectivity index (χ0) is 15.0. The topological polar surface area (TPSA) is 45.6 Å². The Morgan fingerprint density at radius 2 is 1.81 bits per heavy atom. The van der Waals surface area contributed by atoms with Crippen LogP contribution in [0.25, 0.3) is 0 Å². The third-order valence-corrected chi connectivity index (χ3v) is 4.84. The van der Waals surface area contributed by atoms with Gasteiger partial charge in [-0.3, -0.25) is 14.5 Å². The van der Waals surface area contributed by atoms with Crippen LogP contribution in [0, 0.1) is 6.92 Å². The van der Waals surface area contributed by atoms with Crippen LogP contribution in [0.1, 0.15) is 35.3 Å². The predicted octanol–water partition coefficient (Wildman–Crippen LogP) is 1.00. The Morgan fingerprint density at radius 1 is 1.14 bits per heavy atom. The SMILES string of the molecule is Cc1ccc(C(=O)N2CC(N3CCCCC3)C2)c(=O)n1C. The molecule has 0 aliphatic carbocycles. The molecular weight excluding hydrogens is 266 g/mol. The lowest BCUT2D eigenvalue weighted by atomic mass is 10.0. The molecule has 0 radical (unpaired) electrons. The number of amides is 1. The predicted molar refractivity (Wildman–Crippen MR) is 81.5 cm³/mol. The van der Waals surface area contributed by atoms with Crippen molar-refractivity contribution in [2.45, 2.75) is 32.2 Å². The van der Waals surface area contributed by atoms with Crippen LogP contribution >= 0.6 is 0 Å². The number of aromatic nitrogens is 1. The Morgan fingerprint density at radius 3 is 2.48 bits per heavy atom. The highest BCUT2D eigenvalue weighted by Crippen LogP contribution is 2.21. The molecule has 0 N–H and O–H groups in total. The lowest BCUT2D eigenvalue weighted by Crippen LogP contribution is -2.62. The highest BCUT2D eigenvalue weighted by molar-refractivity contribution is 5.94. The summed E-state index contributed by atoms with van der Waals surface area (Å²) in [5, 5.41) is 0. The van der Waals surface area contributed by atoms with Gasteiger partial charge in [-0.1, -0.05) is 6.42 Å². The summed E-state index contributed by atoms with van der Waals surface area (Å²) in [5.74, 6) is -0.121. The van der Waals surface area contributed by atoms with Gasteiger partial charge < -0.3 is 9.47 Å². The van der Waals surface area contributed by atoms with Crippen LogP contribution in [0.15, 0.2) is 16.9 Å². The van der Waals surface area contributed by atoms with E-state index in [9.17, 15) is 9.59 Å². The van der Waals surface area contributed by atoms with Gasteiger partial charge in [0.2, 0.25) is 0 Å². The van der Waals surface area contributed by atoms with Crippen molar-refractivity contribution in [2.75, 3.05) is 26.2 Å². The maximum atomic E-state index is 12.4. The molecule has 5 nitrogen and oxygen atoms in total. The fraction of sp³-hybridized carbons (Fsp3) is 0.625. The van der Waals surface area contributed by atoms with Gasteiger partial charge in [-0.05, 0) is 45.0 Å². The molecule has 1 amide bonds. The molecule has 0 saturated carbocycles. The maximum Gasteiger partial charge on any atom is 0.263 e. The van der Waals surface area contributed by atoms with Gasteiger partial charge in [0, 0.05) is 31.9 Å². The summed E-state index contributed by atoms with van der Waals surface area (Å²) in [5.41, 5.74) is 0.966. The summed E-state index contributed by atoms with van der Waals surface area (Å²) < 4.78 is 1.54. The van der Waals surface area contributed by atoms with Crippen molar-refractivity contribution in [3.8, 4) is 0 Å². The van der Waals surface area contributed by atoms with Crippen LogP contribution in [-0.2, 0) is 7.05 Å². The third-order valence-electron chi connectivity index (χ3n) is 4.84. The number of piperidine rings is 1. The number of aryl methyl sites for hydroxylation is 1. The van der Waals surface area contributed by atoms with E-state index in [1.165, 1.54) is 23.8 Å². The molecule has 0 atom stereocenters. The van der Waals surface area contributed by atoms with E-state index >= 15 is 0 Å². The summed E-state index contributed by atoms with van der Waals surface area (Å²) >= 11 is 0. The van der Waals surface area contributed by atoms with E-state index in [-0.39, 0.29) is 11.5 Å². The zero-order valence-electron chi connectivity index (χ0n) is 12.8. The number of hydrogen-bond acceptors (Lipinski definition) is 3. The largest absolute Gasteiger partial charge is 0.335 e. The highest BCUT2D eigenvalue weighted by Gasteiger charge is 2.36. The van der Waals surface area contributed by atoms with Crippen molar-refractivity contribution in [3.05, 3.63) is 33.7 Å². The smallest absolute Gasteiger partial charge is 0.263 e. The molecule has 2 saturated heterocycles. The van der Waals surface area contributed by atoms with Gasteiger partial charge >= 0.3 is 0 Å². The minimum Gasteiger partial charge on any atom is -0.335 e. The van der Waals surface area contributed by atoms with E-state index in [0.29, 0.717) is 11.6 Å². The number of rotatable bonds is 2. The van der Waals surface area contributed by atoms with Gasteiger partial charge in [0.15, 0.2) is 0 Å². The second kappa shape index (κ2) is 5.64. The van der Waals surface area contributed by atoms with Crippen LogP contribution in [0.2, 0.25) is 0 Å². The molecular formula is C16H23N3O2. The third kappa shape index (κ3) is 2.62. The number of pyridine rings is 1. The second-order valence-electron chi connectivity index (χ2n) is 6.21. The average molecular weight is 289 g/mol. The van der Waals surface area contributed by atoms with Crippen LogP contribution in [-0.4, -0.2) is 52.5 Å². The number of hydrogen-bond donors (Lipinski definition) is 0. The van der Waals surface area contributed by atoms with E-state index in [1.54, 1.807) is 18.0 Å². The molecule has 2 aliphatic rings. The normalized spacial score (nSPS) is 20.4. The average Bonchev–Trinajstić information content (AvgIpc) is 2.44. The van der Waals surface area contributed by atoms with E-state index in [0.717, 1.165) is 31.9 Å². The van der Waals surface area contributed by atoms with Crippen molar-refractivity contribution < 1.29 is 4.79 Å². The number of nitrogens with zero attached hydrogens (tertiary/aromatic N) is 3. The molecule has 0 unspecified atom stereocenters. The molecule has 3 heterocycles. The van der Waals surface area contributed by atoms with Crippen molar-refractivity contribution in [1.29, 1.82) is 0 Å². The van der Waals surface area contributed by atoms with Gasteiger partial charge in [-0.15, -0.1) is 0 Å². The molecule has 2 aliphatic heterocycles. The van der Waals surface area contributed by atoms with Crippen molar-refractivity contribution in [2.24, 2.45) is 7.05 Å². The molecule has 3 rings (SSSR count). The molecule has 0 aromatic carbocycles. The molecule has 114 valence electrons. The summed E-state index contributed by atoms with van der Waals surface area (Å²) in [6.07, 6.45) is 3.86. The lowest BCUT2D eigenvalue weighted by molar-refractivity contribution is 0.0202. The zero-order valence-corrected chi connectivity index (χ0v) is 12.8. The Labute approximate surface area is 125 Å². The Bertz CT molecular complexity index is 596. The van der Waals surface area contributed by atoms with Gasteiger partial charge in [0.25, 0.3) is 11.5 Å². The first kappa shape index (κ1) is 14.3. The van der Waals surface area contributed by atoms with Gasteiger partial charge in [-0.2, -0.15) is 0 Å². The minimum absolute atomic E-state index is 0.121. The molecule has 2 fully saturated rings. The summed E-state index contributed by atoms with van der Waals surface area (Å²) in [6.45, 7) is 5.69.